The average molecular weight is 150 g/mol. The third kappa shape index (κ3) is 9.08. The van der Waals surface area contributed by atoms with Gasteiger partial charge >= 0.3 is 0 Å². The number of hydrogen-bond donors (Lipinski definition) is 1. The van der Waals surface area contributed by atoms with Crippen molar-refractivity contribution in [1.82, 2.24) is 0 Å². The summed E-state index contributed by atoms with van der Waals surface area (Å²) >= 11 is 0. The van der Waals surface area contributed by atoms with Crippen LogP contribution in [0.2, 0.25) is 0 Å². The molecule has 0 atom stereocenters. The molecule has 60 valence electrons. The Hall–Kier alpha value is -0.920. The molecule has 0 aliphatic carbocycles. The fraction of sp³-hybridized carbons (Fsp3) is 0.600. The minimum Gasteiger partial charge on any atom is -0.396 e. The highest BCUT2D eigenvalue weighted by atomic mass is 16.2. The van der Waals surface area contributed by atoms with E-state index in [2.05, 4.69) is 17.8 Å². The highest BCUT2D eigenvalue weighted by Crippen LogP contribution is 2.00. The zero-order valence-electron chi connectivity index (χ0n) is 6.77. The van der Waals surface area contributed by atoms with Crippen molar-refractivity contribution in [3.8, 4) is 24.2 Å². The normalized spacial score (nSPS) is 8.00. The van der Waals surface area contributed by atoms with Crippen LogP contribution >= 0.6 is 0 Å². The van der Waals surface area contributed by atoms with Gasteiger partial charge in [-0.25, -0.2) is 0 Å². The van der Waals surface area contributed by atoms with Crippen LogP contribution in [0.5, 0.6) is 0 Å². The molecular weight excluding hydrogens is 136 g/mol. The maximum Gasteiger partial charge on any atom is 0.0431 e. The van der Waals surface area contributed by atoms with E-state index < -0.39 is 0 Å². The molecule has 0 heterocycles. The van der Waals surface area contributed by atoms with Crippen LogP contribution in [-0.2, 0) is 0 Å². The molecule has 0 amide bonds. The first-order chi connectivity index (χ1) is 5.41. The maximum absolute atomic E-state index is 8.45. The molecule has 0 aliphatic rings. The van der Waals surface area contributed by atoms with Crippen molar-refractivity contribution in [2.75, 3.05) is 6.61 Å². The van der Waals surface area contributed by atoms with Crippen molar-refractivity contribution < 1.29 is 5.11 Å². The Morgan fingerprint density at radius 2 is 1.82 bits per heavy atom. The van der Waals surface area contributed by atoms with Gasteiger partial charge in [0.2, 0.25) is 0 Å². The highest BCUT2D eigenvalue weighted by Gasteiger charge is 1.85. The predicted molar refractivity (Wildman–Crippen MR) is 46.8 cm³/mol. The molecule has 0 spiro atoms. The summed E-state index contributed by atoms with van der Waals surface area (Å²) in [7, 11) is 0. The lowest BCUT2D eigenvalue weighted by Crippen LogP contribution is -1.82. The summed E-state index contributed by atoms with van der Waals surface area (Å²) in [5, 5.41) is 8.45. The minimum absolute atomic E-state index is 0.302. The first-order valence-electron chi connectivity index (χ1n) is 3.96. The molecular formula is C10H14O. The summed E-state index contributed by atoms with van der Waals surface area (Å²) in [5.41, 5.74) is 0. The Morgan fingerprint density at radius 1 is 1.09 bits per heavy atom. The summed E-state index contributed by atoms with van der Waals surface area (Å²) in [4.78, 5) is 0. The monoisotopic (exact) mass is 150 g/mol. The van der Waals surface area contributed by atoms with Crippen LogP contribution in [0.15, 0.2) is 0 Å². The summed E-state index contributed by atoms with van der Waals surface area (Å²) in [5.74, 6) is 7.70. The molecule has 1 heteroatoms. The average Bonchev–Trinajstić information content (AvgIpc) is 2.03. The molecule has 0 radical (unpaired) electrons. The van der Waals surface area contributed by atoms with Gasteiger partial charge in [-0.1, -0.05) is 18.8 Å². The Labute approximate surface area is 68.8 Å². The Bertz CT molecular complexity index is 166. The van der Waals surface area contributed by atoms with Crippen LogP contribution < -0.4 is 0 Å². The van der Waals surface area contributed by atoms with Crippen molar-refractivity contribution in [1.29, 1.82) is 0 Å². The number of terminal acetylenes is 1. The van der Waals surface area contributed by atoms with Crippen molar-refractivity contribution >= 4 is 0 Å². The molecule has 0 saturated carbocycles. The highest BCUT2D eigenvalue weighted by molar-refractivity contribution is 5.21. The summed E-state index contributed by atoms with van der Waals surface area (Å²) in [6.07, 6.45) is 10.0. The summed E-state index contributed by atoms with van der Waals surface area (Å²) in [6, 6.07) is 0. The SMILES string of the molecule is C#CC#CCCCCCCO. The van der Waals surface area contributed by atoms with Gasteiger partial charge in [0, 0.05) is 13.0 Å². The Morgan fingerprint density at radius 3 is 2.45 bits per heavy atom. The zero-order chi connectivity index (χ0) is 8.36. The van der Waals surface area contributed by atoms with Gasteiger partial charge in [0.05, 0.1) is 0 Å². The van der Waals surface area contributed by atoms with Crippen LogP contribution in [0.4, 0.5) is 0 Å². The van der Waals surface area contributed by atoms with Crippen molar-refractivity contribution in [2.45, 2.75) is 32.1 Å². The van der Waals surface area contributed by atoms with Crippen LogP contribution in [0.25, 0.3) is 0 Å². The van der Waals surface area contributed by atoms with Crippen molar-refractivity contribution in [3.63, 3.8) is 0 Å². The number of rotatable bonds is 5. The summed E-state index contributed by atoms with van der Waals surface area (Å²) in [6.45, 7) is 0.302. The lowest BCUT2D eigenvalue weighted by atomic mass is 10.1. The van der Waals surface area contributed by atoms with Gasteiger partial charge in [0.25, 0.3) is 0 Å². The van der Waals surface area contributed by atoms with Gasteiger partial charge < -0.3 is 5.11 Å². The molecule has 0 rings (SSSR count). The number of aliphatic hydroxyl groups is 1. The quantitative estimate of drug-likeness (QED) is 0.466. The second-order valence-corrected chi connectivity index (χ2v) is 2.33. The van der Waals surface area contributed by atoms with Gasteiger partial charge in [-0.3, -0.25) is 0 Å². The Kier molecular flexibility index (Phi) is 8.32. The molecule has 0 aromatic rings. The number of aliphatic hydroxyl groups excluding tert-OH is 1. The molecule has 11 heavy (non-hydrogen) atoms. The first kappa shape index (κ1) is 10.1. The molecule has 1 N–H and O–H groups in total. The van der Waals surface area contributed by atoms with E-state index in [4.69, 9.17) is 11.5 Å². The smallest absolute Gasteiger partial charge is 0.0431 e. The molecule has 0 unspecified atom stereocenters. The third-order valence-corrected chi connectivity index (χ3v) is 1.37. The van der Waals surface area contributed by atoms with E-state index in [1.165, 1.54) is 0 Å². The van der Waals surface area contributed by atoms with Crippen molar-refractivity contribution in [2.24, 2.45) is 0 Å². The zero-order valence-corrected chi connectivity index (χ0v) is 6.77. The van der Waals surface area contributed by atoms with Crippen LogP contribution in [0.3, 0.4) is 0 Å². The van der Waals surface area contributed by atoms with E-state index in [1.54, 1.807) is 0 Å². The van der Waals surface area contributed by atoms with E-state index >= 15 is 0 Å². The maximum atomic E-state index is 8.45. The lowest BCUT2D eigenvalue weighted by molar-refractivity contribution is 0.282. The van der Waals surface area contributed by atoms with E-state index in [-0.39, 0.29) is 0 Å². The van der Waals surface area contributed by atoms with E-state index in [0.29, 0.717) is 6.61 Å². The van der Waals surface area contributed by atoms with E-state index in [1.807, 2.05) is 0 Å². The van der Waals surface area contributed by atoms with E-state index in [0.717, 1.165) is 32.1 Å². The molecule has 0 bridgehead atoms. The van der Waals surface area contributed by atoms with Gasteiger partial charge in [0.15, 0.2) is 0 Å². The fourth-order valence-corrected chi connectivity index (χ4v) is 0.792. The molecule has 0 aromatic heterocycles. The second kappa shape index (κ2) is 9.08. The van der Waals surface area contributed by atoms with Crippen LogP contribution in [-0.4, -0.2) is 11.7 Å². The molecule has 0 aliphatic heterocycles. The largest absolute Gasteiger partial charge is 0.396 e. The molecule has 0 fully saturated rings. The molecule has 1 nitrogen and oxygen atoms in total. The number of unbranched alkanes of at least 4 members (excludes halogenated alkanes) is 4. The summed E-state index contributed by atoms with van der Waals surface area (Å²) < 4.78 is 0. The van der Waals surface area contributed by atoms with Gasteiger partial charge in [-0.15, -0.1) is 6.42 Å². The third-order valence-electron chi connectivity index (χ3n) is 1.37. The van der Waals surface area contributed by atoms with Gasteiger partial charge in [0.1, 0.15) is 0 Å². The lowest BCUT2D eigenvalue weighted by Gasteiger charge is -1.93. The number of hydrogen-bond acceptors (Lipinski definition) is 1. The molecule has 0 aromatic carbocycles. The van der Waals surface area contributed by atoms with Gasteiger partial charge in [-0.2, -0.15) is 0 Å². The van der Waals surface area contributed by atoms with Crippen molar-refractivity contribution in [3.05, 3.63) is 0 Å². The molecule has 0 saturated heterocycles. The standard InChI is InChI=1S/C10H14O/c1-2-3-4-5-6-7-8-9-10-11/h1,11H,5-10H2. The van der Waals surface area contributed by atoms with Crippen LogP contribution in [0.1, 0.15) is 32.1 Å². The first-order valence-corrected chi connectivity index (χ1v) is 3.96. The second-order valence-electron chi connectivity index (χ2n) is 2.33. The topological polar surface area (TPSA) is 20.2 Å². The van der Waals surface area contributed by atoms with Crippen LogP contribution in [0, 0.1) is 24.2 Å². The Balaban J connectivity index is 2.98. The van der Waals surface area contributed by atoms with Gasteiger partial charge in [-0.05, 0) is 24.7 Å². The minimum atomic E-state index is 0.302. The fourth-order valence-electron chi connectivity index (χ4n) is 0.792. The van der Waals surface area contributed by atoms with E-state index in [9.17, 15) is 0 Å². The predicted octanol–water partition coefficient (Wildman–Crippen LogP) is 1.57.